The lowest BCUT2D eigenvalue weighted by atomic mass is 10.1. The number of aromatic nitrogens is 4. The monoisotopic (exact) mass is 286 g/mol. The third kappa shape index (κ3) is 2.96. The van der Waals surface area contributed by atoms with Gasteiger partial charge in [-0.05, 0) is 25.5 Å². The van der Waals surface area contributed by atoms with E-state index in [2.05, 4.69) is 43.0 Å². The normalized spacial score (nSPS) is 19.8. The van der Waals surface area contributed by atoms with Crippen molar-refractivity contribution in [3.05, 3.63) is 41.7 Å². The Balaban J connectivity index is 1.81. The molecule has 1 fully saturated rings. The molecule has 1 atom stereocenters. The highest BCUT2D eigenvalue weighted by Crippen LogP contribution is 2.23. The van der Waals surface area contributed by atoms with Crippen molar-refractivity contribution in [2.45, 2.75) is 33.0 Å². The van der Waals surface area contributed by atoms with Crippen LogP contribution in [0.1, 0.15) is 30.2 Å². The van der Waals surface area contributed by atoms with Gasteiger partial charge in [0.05, 0.1) is 6.54 Å². The lowest BCUT2D eigenvalue weighted by Crippen LogP contribution is -2.45. The second-order valence-electron chi connectivity index (χ2n) is 5.38. The topological polar surface area (TPSA) is 58.9 Å². The van der Waals surface area contributed by atoms with Gasteiger partial charge >= 0.3 is 0 Å². The first-order valence-corrected chi connectivity index (χ1v) is 7.53. The standard InChI is InChI=1S/C15H22N6/c1-3-21-12(2)18-19-15(21)11-20-8-7-17-10-14(20)13-5-4-6-16-9-13/h4-6,9,14,17H,3,7-8,10-11H2,1-2H3. The molecular weight excluding hydrogens is 264 g/mol. The Morgan fingerprint density at radius 3 is 3.05 bits per heavy atom. The van der Waals surface area contributed by atoms with Crippen molar-refractivity contribution in [1.29, 1.82) is 0 Å². The Labute approximate surface area is 125 Å². The van der Waals surface area contributed by atoms with Gasteiger partial charge in [-0.25, -0.2) is 0 Å². The first-order valence-electron chi connectivity index (χ1n) is 7.53. The maximum Gasteiger partial charge on any atom is 0.147 e. The number of nitrogens with zero attached hydrogens (tertiary/aromatic N) is 5. The lowest BCUT2D eigenvalue weighted by Gasteiger charge is -2.36. The molecule has 2 aromatic heterocycles. The van der Waals surface area contributed by atoms with Crippen LogP contribution in [0.4, 0.5) is 0 Å². The molecule has 0 saturated carbocycles. The highest BCUT2D eigenvalue weighted by molar-refractivity contribution is 5.15. The van der Waals surface area contributed by atoms with E-state index < -0.39 is 0 Å². The minimum Gasteiger partial charge on any atom is -0.314 e. The number of piperazine rings is 1. The van der Waals surface area contributed by atoms with Crippen LogP contribution in [0, 0.1) is 6.92 Å². The van der Waals surface area contributed by atoms with Crippen LogP contribution < -0.4 is 5.32 Å². The van der Waals surface area contributed by atoms with Crippen LogP contribution in [0.5, 0.6) is 0 Å². The molecule has 1 aliphatic rings. The Bertz CT molecular complexity index is 579. The summed E-state index contributed by atoms with van der Waals surface area (Å²) in [6, 6.07) is 4.49. The Kier molecular flexibility index (Phi) is 4.26. The molecular formula is C15H22N6. The van der Waals surface area contributed by atoms with Crippen molar-refractivity contribution >= 4 is 0 Å². The van der Waals surface area contributed by atoms with E-state index in [-0.39, 0.29) is 0 Å². The second-order valence-corrected chi connectivity index (χ2v) is 5.38. The minimum atomic E-state index is 0.342. The molecule has 1 aliphatic heterocycles. The van der Waals surface area contributed by atoms with Crippen molar-refractivity contribution in [3.63, 3.8) is 0 Å². The summed E-state index contributed by atoms with van der Waals surface area (Å²) >= 11 is 0. The van der Waals surface area contributed by atoms with Crippen LogP contribution in [0.25, 0.3) is 0 Å². The molecule has 2 aromatic rings. The van der Waals surface area contributed by atoms with E-state index >= 15 is 0 Å². The summed E-state index contributed by atoms with van der Waals surface area (Å²) in [5.41, 5.74) is 1.25. The summed E-state index contributed by atoms with van der Waals surface area (Å²) in [6.45, 7) is 8.86. The number of rotatable bonds is 4. The summed E-state index contributed by atoms with van der Waals surface area (Å²) in [5.74, 6) is 2.03. The predicted octanol–water partition coefficient (Wildman–Crippen LogP) is 1.15. The van der Waals surface area contributed by atoms with Crippen LogP contribution in [0.15, 0.2) is 24.5 Å². The fourth-order valence-corrected chi connectivity index (χ4v) is 2.97. The molecule has 1 saturated heterocycles. The number of hydrogen-bond acceptors (Lipinski definition) is 5. The summed E-state index contributed by atoms with van der Waals surface area (Å²) in [7, 11) is 0. The van der Waals surface area contributed by atoms with Crippen molar-refractivity contribution in [3.8, 4) is 0 Å². The van der Waals surface area contributed by atoms with Crippen molar-refractivity contribution in [1.82, 2.24) is 30.0 Å². The molecule has 6 heteroatoms. The van der Waals surface area contributed by atoms with E-state index in [1.54, 1.807) is 0 Å². The van der Waals surface area contributed by atoms with E-state index in [0.717, 1.165) is 44.4 Å². The fourth-order valence-electron chi connectivity index (χ4n) is 2.97. The van der Waals surface area contributed by atoms with Crippen LogP contribution in [-0.4, -0.2) is 44.3 Å². The Morgan fingerprint density at radius 2 is 2.29 bits per heavy atom. The van der Waals surface area contributed by atoms with Gasteiger partial charge in [-0.15, -0.1) is 10.2 Å². The lowest BCUT2D eigenvalue weighted by molar-refractivity contribution is 0.147. The largest absolute Gasteiger partial charge is 0.314 e. The zero-order chi connectivity index (χ0) is 14.7. The zero-order valence-electron chi connectivity index (χ0n) is 12.7. The van der Waals surface area contributed by atoms with Gasteiger partial charge in [-0.2, -0.15) is 0 Å². The molecule has 0 spiro atoms. The average molecular weight is 286 g/mol. The van der Waals surface area contributed by atoms with E-state index in [9.17, 15) is 0 Å². The van der Waals surface area contributed by atoms with Gasteiger partial charge in [0.25, 0.3) is 0 Å². The summed E-state index contributed by atoms with van der Waals surface area (Å²) in [6.07, 6.45) is 3.78. The number of aryl methyl sites for hydroxylation is 1. The zero-order valence-corrected chi connectivity index (χ0v) is 12.7. The molecule has 0 bridgehead atoms. The van der Waals surface area contributed by atoms with Crippen LogP contribution in [0.2, 0.25) is 0 Å². The van der Waals surface area contributed by atoms with E-state index in [1.807, 2.05) is 25.4 Å². The summed E-state index contributed by atoms with van der Waals surface area (Å²) < 4.78 is 2.18. The molecule has 3 heterocycles. The Morgan fingerprint density at radius 1 is 1.38 bits per heavy atom. The molecule has 21 heavy (non-hydrogen) atoms. The van der Waals surface area contributed by atoms with Gasteiger partial charge in [0.15, 0.2) is 0 Å². The number of nitrogens with one attached hydrogen (secondary N) is 1. The number of pyridine rings is 1. The number of hydrogen-bond donors (Lipinski definition) is 1. The van der Waals surface area contributed by atoms with Gasteiger partial charge < -0.3 is 9.88 Å². The van der Waals surface area contributed by atoms with E-state index in [0.29, 0.717) is 6.04 Å². The average Bonchev–Trinajstić information content (AvgIpc) is 2.88. The van der Waals surface area contributed by atoms with Crippen molar-refractivity contribution in [2.24, 2.45) is 0 Å². The van der Waals surface area contributed by atoms with Crippen molar-refractivity contribution < 1.29 is 0 Å². The van der Waals surface area contributed by atoms with Gasteiger partial charge in [-0.1, -0.05) is 6.07 Å². The van der Waals surface area contributed by atoms with Crippen LogP contribution >= 0.6 is 0 Å². The molecule has 1 unspecified atom stereocenters. The molecule has 1 N–H and O–H groups in total. The maximum atomic E-state index is 4.34. The quantitative estimate of drug-likeness (QED) is 0.913. The molecule has 0 aromatic carbocycles. The Hall–Kier alpha value is -1.79. The van der Waals surface area contributed by atoms with Crippen LogP contribution in [-0.2, 0) is 13.1 Å². The molecule has 3 rings (SSSR count). The summed E-state index contributed by atoms with van der Waals surface area (Å²) in [5, 5.41) is 12.0. The van der Waals surface area contributed by atoms with Crippen LogP contribution in [0.3, 0.4) is 0 Å². The predicted molar refractivity (Wildman–Crippen MR) is 80.7 cm³/mol. The van der Waals surface area contributed by atoms with E-state index in [4.69, 9.17) is 0 Å². The smallest absolute Gasteiger partial charge is 0.147 e. The fraction of sp³-hybridized carbons (Fsp3) is 0.533. The first-order chi connectivity index (χ1) is 10.3. The van der Waals surface area contributed by atoms with E-state index in [1.165, 1.54) is 5.56 Å². The second kappa shape index (κ2) is 6.32. The molecule has 112 valence electrons. The van der Waals surface area contributed by atoms with Gasteiger partial charge in [-0.3, -0.25) is 9.88 Å². The molecule has 6 nitrogen and oxygen atoms in total. The third-order valence-corrected chi connectivity index (χ3v) is 4.10. The van der Waals surface area contributed by atoms with Gasteiger partial charge in [0, 0.05) is 44.6 Å². The van der Waals surface area contributed by atoms with Gasteiger partial charge in [0.1, 0.15) is 11.6 Å². The highest BCUT2D eigenvalue weighted by Gasteiger charge is 2.25. The summed E-state index contributed by atoms with van der Waals surface area (Å²) in [4.78, 5) is 6.71. The molecule has 0 amide bonds. The SMILES string of the molecule is CCn1c(C)nnc1CN1CCNCC1c1cccnc1. The molecule has 0 radical (unpaired) electrons. The highest BCUT2D eigenvalue weighted by atomic mass is 15.3. The minimum absolute atomic E-state index is 0.342. The maximum absolute atomic E-state index is 4.34. The van der Waals surface area contributed by atoms with Gasteiger partial charge in [0.2, 0.25) is 0 Å². The molecule has 0 aliphatic carbocycles. The van der Waals surface area contributed by atoms with Crippen molar-refractivity contribution in [2.75, 3.05) is 19.6 Å². The third-order valence-electron chi connectivity index (χ3n) is 4.10. The first kappa shape index (κ1) is 14.2.